The molecule has 4 atom stereocenters. The van der Waals surface area contributed by atoms with Gasteiger partial charge >= 0.3 is 0 Å². The van der Waals surface area contributed by atoms with Crippen LogP contribution in [0.2, 0.25) is 22.7 Å². The molecule has 0 bridgehead atoms. The van der Waals surface area contributed by atoms with Crippen molar-refractivity contribution in [2.75, 3.05) is 32.8 Å². The van der Waals surface area contributed by atoms with Crippen LogP contribution in [-0.2, 0) is 25.7 Å². The molecular formula is C47H60BCl2N7O7. The van der Waals surface area contributed by atoms with E-state index in [0.717, 1.165) is 36.9 Å². The van der Waals surface area contributed by atoms with E-state index in [1.54, 1.807) is 55.6 Å². The molecule has 2 aliphatic heterocycles. The van der Waals surface area contributed by atoms with E-state index in [-0.39, 0.29) is 56.1 Å². The van der Waals surface area contributed by atoms with Crippen LogP contribution in [0.4, 0.5) is 0 Å². The van der Waals surface area contributed by atoms with Crippen LogP contribution in [0.15, 0.2) is 60.8 Å². The van der Waals surface area contributed by atoms with Gasteiger partial charge < -0.3 is 40.3 Å². The predicted molar refractivity (Wildman–Crippen MR) is 247 cm³/mol. The third kappa shape index (κ3) is 11.2. The van der Waals surface area contributed by atoms with Gasteiger partial charge in [-0.3, -0.25) is 24.2 Å². The second-order valence-corrected chi connectivity index (χ2v) is 19.7. The number of likely N-dealkylation sites (tertiary alicyclic amines) is 1. The zero-order valence-electron chi connectivity index (χ0n) is 37.7. The van der Waals surface area contributed by atoms with Crippen LogP contribution in [0.25, 0.3) is 0 Å². The number of pyridine rings is 1. The van der Waals surface area contributed by atoms with Gasteiger partial charge in [-0.2, -0.15) is 5.26 Å². The van der Waals surface area contributed by atoms with Gasteiger partial charge in [0.15, 0.2) is 0 Å². The smallest absolute Gasteiger partial charge is 0.253 e. The summed E-state index contributed by atoms with van der Waals surface area (Å²) in [4.78, 5) is 61.9. The van der Waals surface area contributed by atoms with Crippen molar-refractivity contribution in [2.45, 2.75) is 111 Å². The van der Waals surface area contributed by atoms with Crippen LogP contribution in [0.1, 0.15) is 76.4 Å². The molecule has 1 aliphatic carbocycles. The van der Waals surface area contributed by atoms with E-state index in [0.29, 0.717) is 40.1 Å². The standard InChI is InChI=1S/C47H60BCl2N7O7/c1-28(2)39(42(61)54-29(3)43(62)57-27-34(58)22-37(57)41(60)53-25-30-8-12-33(49)13-9-30)63-21-20-56-18-16-48(17-19-56)38-15-11-32(26-52-38)40(59)55-44-46(4,5)45(47(44,6)7)64-35-14-10-31(24-51)36(50)23-35/h8-15,23,26,28-29,34,37,39,44-45,58H,16-22,25,27H2,1-7H3,(H,53,60)(H,54,61)(H,55,59)/t29-,34+,37-,39-,44-,45-/m0/s1. The van der Waals surface area contributed by atoms with E-state index < -0.39 is 46.9 Å². The Kier molecular flexibility index (Phi) is 15.7. The Morgan fingerprint density at radius 1 is 1.00 bits per heavy atom. The van der Waals surface area contributed by atoms with E-state index >= 15 is 0 Å². The number of benzene rings is 2. The van der Waals surface area contributed by atoms with Crippen molar-refractivity contribution in [3.05, 3.63) is 87.5 Å². The van der Waals surface area contributed by atoms with Gasteiger partial charge in [0, 0.05) is 65.8 Å². The number of rotatable bonds is 16. The second kappa shape index (κ2) is 20.6. The summed E-state index contributed by atoms with van der Waals surface area (Å²) in [6.07, 6.45) is 1.66. The molecule has 3 aromatic rings. The fourth-order valence-corrected chi connectivity index (χ4v) is 10.1. The van der Waals surface area contributed by atoms with Crippen LogP contribution < -0.4 is 26.3 Å². The minimum absolute atomic E-state index is 0.00661. The molecule has 3 heterocycles. The highest BCUT2D eigenvalue weighted by atomic mass is 35.5. The summed E-state index contributed by atoms with van der Waals surface area (Å²) in [7, 11) is 0. The number of aromatic nitrogens is 1. The number of nitriles is 1. The first-order chi connectivity index (χ1) is 30.3. The molecule has 14 nitrogen and oxygen atoms in total. The fourth-order valence-electron chi connectivity index (χ4n) is 9.74. The van der Waals surface area contributed by atoms with Crippen molar-refractivity contribution in [1.29, 1.82) is 5.26 Å². The maximum Gasteiger partial charge on any atom is 0.253 e. The zero-order chi connectivity index (χ0) is 46.5. The normalized spacial score (nSPS) is 22.5. The summed E-state index contributed by atoms with van der Waals surface area (Å²) < 4.78 is 12.5. The predicted octanol–water partition coefficient (Wildman–Crippen LogP) is 4.71. The summed E-state index contributed by atoms with van der Waals surface area (Å²) in [5.74, 6) is -1.03. The number of nitrogens with one attached hydrogen (secondary N) is 3. The molecule has 6 rings (SSSR count). The highest BCUT2D eigenvalue weighted by Crippen LogP contribution is 2.55. The van der Waals surface area contributed by atoms with E-state index in [1.807, 2.05) is 26.0 Å². The first kappa shape index (κ1) is 48.7. The number of nitrogens with zero attached hydrogens (tertiary/aromatic N) is 4. The summed E-state index contributed by atoms with van der Waals surface area (Å²) in [6.45, 7) is 16.7. The van der Waals surface area contributed by atoms with Crippen molar-refractivity contribution in [2.24, 2.45) is 16.7 Å². The number of aliphatic hydroxyl groups excluding tert-OH is 1. The van der Waals surface area contributed by atoms with Crippen LogP contribution in [0.3, 0.4) is 0 Å². The van der Waals surface area contributed by atoms with Crippen LogP contribution in [-0.4, -0.2) is 119 Å². The van der Waals surface area contributed by atoms with Crippen LogP contribution >= 0.6 is 23.2 Å². The van der Waals surface area contributed by atoms with Gasteiger partial charge in [0.1, 0.15) is 36.1 Å². The van der Waals surface area contributed by atoms with Gasteiger partial charge in [-0.25, -0.2) is 0 Å². The lowest BCUT2D eigenvalue weighted by atomic mass is 9.41. The number of carbonyl (C=O) groups is 4. The Labute approximate surface area is 386 Å². The molecule has 4 N–H and O–H groups in total. The maximum absolute atomic E-state index is 13.5. The number of β-amino-alcohol motifs (C(OH)–C–C–N with tert-alkyl or cyclic N) is 1. The number of aliphatic hydroxyl groups is 1. The molecule has 342 valence electrons. The van der Waals surface area contributed by atoms with Crippen molar-refractivity contribution in [3.8, 4) is 11.8 Å². The van der Waals surface area contributed by atoms with E-state index in [2.05, 4.69) is 54.6 Å². The Bertz CT molecular complexity index is 2180. The number of amides is 4. The Morgan fingerprint density at radius 3 is 2.30 bits per heavy atom. The average Bonchev–Trinajstić information content (AvgIpc) is 3.66. The van der Waals surface area contributed by atoms with Crippen molar-refractivity contribution in [3.63, 3.8) is 0 Å². The Balaban J connectivity index is 0.926. The molecule has 3 aliphatic rings. The Morgan fingerprint density at radius 2 is 1.69 bits per heavy atom. The van der Waals surface area contributed by atoms with Gasteiger partial charge in [0.05, 0.1) is 28.9 Å². The summed E-state index contributed by atoms with van der Waals surface area (Å²) in [5, 5.41) is 29.4. The maximum atomic E-state index is 13.5. The molecule has 3 fully saturated rings. The van der Waals surface area contributed by atoms with Gasteiger partial charge in [-0.15, -0.1) is 0 Å². The highest BCUT2D eigenvalue weighted by molar-refractivity contribution is 6.72. The topological polar surface area (TPSA) is 186 Å². The first-order valence-corrected chi connectivity index (χ1v) is 22.8. The third-order valence-corrected chi connectivity index (χ3v) is 13.6. The van der Waals surface area contributed by atoms with Crippen molar-refractivity contribution < 1.29 is 33.8 Å². The highest BCUT2D eigenvalue weighted by Gasteiger charge is 2.64. The van der Waals surface area contributed by atoms with E-state index in [4.69, 9.17) is 37.7 Å². The first-order valence-electron chi connectivity index (χ1n) is 22.1. The van der Waals surface area contributed by atoms with Crippen molar-refractivity contribution >= 4 is 59.1 Å². The lowest BCUT2D eigenvalue weighted by molar-refractivity contribution is -0.164. The molecule has 4 amide bonds. The molecular weight excluding hydrogens is 856 g/mol. The average molecular weight is 917 g/mol. The van der Waals surface area contributed by atoms with Gasteiger partial charge in [-0.1, -0.05) is 89.5 Å². The number of ether oxygens (including phenoxy) is 2. The van der Waals surface area contributed by atoms with Crippen molar-refractivity contribution in [1.82, 2.24) is 30.7 Å². The third-order valence-electron chi connectivity index (χ3n) is 13.0. The van der Waals surface area contributed by atoms with Gasteiger partial charge in [0.2, 0.25) is 24.4 Å². The van der Waals surface area contributed by atoms with Crippen LogP contribution in [0, 0.1) is 28.1 Å². The quantitative estimate of drug-likeness (QED) is 0.147. The molecule has 1 aromatic heterocycles. The number of carbonyl (C=O) groups excluding carboxylic acids is 4. The van der Waals surface area contributed by atoms with Crippen LogP contribution in [0.5, 0.6) is 5.75 Å². The molecule has 2 saturated heterocycles. The van der Waals surface area contributed by atoms with E-state index in [1.165, 1.54) is 4.90 Å². The zero-order valence-corrected chi connectivity index (χ0v) is 39.2. The summed E-state index contributed by atoms with van der Waals surface area (Å²) in [6, 6.07) is 16.0. The lowest BCUT2D eigenvalue weighted by Crippen LogP contribution is -2.74. The second-order valence-electron chi connectivity index (χ2n) is 18.9. The molecule has 0 unspecified atom stereocenters. The summed E-state index contributed by atoms with van der Waals surface area (Å²) >= 11 is 12.2. The SMILES string of the molecule is CC(C)[C@H](OCCN1CCB(c2ccc(C(=O)N[C@H]3C(C)(C)[C@H](Oc4ccc(C#N)c(Cl)c4)C3(C)C)cn2)CC1)C(=O)N[C@@H](C)C(=O)N1C[C@H](O)C[C@H]1C(=O)NCc1ccc(Cl)cc1. The molecule has 17 heteroatoms. The molecule has 1 saturated carbocycles. The monoisotopic (exact) mass is 915 g/mol. The summed E-state index contributed by atoms with van der Waals surface area (Å²) in [5.41, 5.74) is 1.88. The minimum Gasteiger partial charge on any atom is -0.489 e. The largest absolute Gasteiger partial charge is 0.489 e. The lowest BCUT2D eigenvalue weighted by Gasteiger charge is -2.63. The molecule has 0 radical (unpaired) electrons. The number of hydrogen-bond donors (Lipinski definition) is 4. The number of hydrogen-bond acceptors (Lipinski definition) is 10. The minimum atomic E-state index is -0.942. The van der Waals surface area contributed by atoms with Gasteiger partial charge in [-0.05, 0) is 67.9 Å². The number of halogens is 2. The van der Waals surface area contributed by atoms with Gasteiger partial charge in [0.25, 0.3) is 5.91 Å². The fraction of sp³-hybridized carbons (Fsp3) is 0.532. The molecule has 2 aromatic carbocycles. The van der Waals surface area contributed by atoms with E-state index in [9.17, 15) is 29.5 Å². The molecule has 0 spiro atoms. The molecule has 64 heavy (non-hydrogen) atoms. The Hall–Kier alpha value is -4.72.